The minimum atomic E-state index is -3.72. The number of carbonyl (C=O) groups is 1. The largest absolute Gasteiger partial charge is 0.495 e. The molecule has 0 aliphatic heterocycles. The van der Waals surface area contributed by atoms with E-state index >= 15 is 0 Å². The molecule has 1 amide bonds. The molecule has 3 rings (SSSR count). The molecule has 30 heavy (non-hydrogen) atoms. The predicted molar refractivity (Wildman–Crippen MR) is 119 cm³/mol. The Bertz CT molecular complexity index is 1030. The highest BCUT2D eigenvalue weighted by Crippen LogP contribution is 2.28. The highest BCUT2D eigenvalue weighted by atomic mass is 35.5. The van der Waals surface area contributed by atoms with Gasteiger partial charge in [-0.25, -0.2) is 13.1 Å². The van der Waals surface area contributed by atoms with Gasteiger partial charge in [0.25, 0.3) is 5.91 Å². The maximum absolute atomic E-state index is 12.7. The second-order valence-electron chi connectivity index (χ2n) is 7.08. The van der Waals surface area contributed by atoms with Crippen LogP contribution < -0.4 is 14.8 Å². The zero-order valence-corrected chi connectivity index (χ0v) is 18.4. The van der Waals surface area contributed by atoms with E-state index in [9.17, 15) is 13.2 Å². The molecule has 0 atom stereocenters. The predicted octanol–water partition coefficient (Wildman–Crippen LogP) is 4.77. The number of allylic oxidation sites excluding steroid dienone is 1. The van der Waals surface area contributed by atoms with Crippen molar-refractivity contribution in [3.8, 4) is 5.75 Å². The number of anilines is 1. The SMILES string of the molecule is COc1ccc(S(=O)(=O)NCCC2=CCCCC2)cc1NC(=O)c1ccc(Cl)cc1. The number of rotatable bonds is 8. The van der Waals surface area contributed by atoms with Gasteiger partial charge in [-0.1, -0.05) is 23.3 Å². The molecule has 0 aromatic heterocycles. The quantitative estimate of drug-likeness (QED) is 0.569. The summed E-state index contributed by atoms with van der Waals surface area (Å²) in [5, 5.41) is 3.23. The van der Waals surface area contributed by atoms with Gasteiger partial charge in [0.15, 0.2) is 0 Å². The van der Waals surface area contributed by atoms with E-state index in [0.29, 0.717) is 29.3 Å². The van der Waals surface area contributed by atoms with E-state index in [1.54, 1.807) is 24.3 Å². The van der Waals surface area contributed by atoms with Crippen molar-refractivity contribution < 1.29 is 17.9 Å². The number of carbonyl (C=O) groups excluding carboxylic acids is 1. The van der Waals surface area contributed by atoms with Crippen LogP contribution >= 0.6 is 11.6 Å². The monoisotopic (exact) mass is 448 g/mol. The number of sulfonamides is 1. The fraction of sp³-hybridized carbons (Fsp3) is 0.318. The summed E-state index contributed by atoms with van der Waals surface area (Å²) < 4.78 is 33.4. The number of nitrogens with one attached hydrogen (secondary N) is 2. The lowest BCUT2D eigenvalue weighted by molar-refractivity contribution is 0.102. The highest BCUT2D eigenvalue weighted by molar-refractivity contribution is 7.89. The number of benzene rings is 2. The first-order chi connectivity index (χ1) is 14.4. The molecule has 2 aromatic carbocycles. The zero-order valence-electron chi connectivity index (χ0n) is 16.8. The number of hydrogen-bond acceptors (Lipinski definition) is 4. The summed E-state index contributed by atoms with van der Waals surface area (Å²) >= 11 is 5.86. The molecule has 160 valence electrons. The third kappa shape index (κ3) is 5.84. The second-order valence-corrected chi connectivity index (χ2v) is 9.28. The number of halogens is 1. The molecule has 0 saturated carbocycles. The Morgan fingerprint density at radius 3 is 2.57 bits per heavy atom. The minimum Gasteiger partial charge on any atom is -0.495 e. The van der Waals surface area contributed by atoms with Crippen LogP contribution in [-0.4, -0.2) is 28.0 Å². The van der Waals surface area contributed by atoms with Gasteiger partial charge >= 0.3 is 0 Å². The van der Waals surface area contributed by atoms with Crippen molar-refractivity contribution in [1.29, 1.82) is 0 Å². The molecular formula is C22H25ClN2O4S. The van der Waals surface area contributed by atoms with Crippen LogP contribution in [0, 0.1) is 0 Å². The van der Waals surface area contributed by atoms with Gasteiger partial charge in [0, 0.05) is 17.1 Å². The molecule has 6 nitrogen and oxygen atoms in total. The van der Waals surface area contributed by atoms with Gasteiger partial charge in [-0.2, -0.15) is 0 Å². The average molecular weight is 449 g/mol. The second kappa shape index (κ2) is 10.1. The number of methoxy groups -OCH3 is 1. The maximum Gasteiger partial charge on any atom is 0.255 e. The fourth-order valence-electron chi connectivity index (χ4n) is 3.31. The topological polar surface area (TPSA) is 84.5 Å². The van der Waals surface area contributed by atoms with E-state index in [1.165, 1.54) is 37.3 Å². The van der Waals surface area contributed by atoms with Gasteiger partial charge in [-0.3, -0.25) is 4.79 Å². The maximum atomic E-state index is 12.7. The van der Waals surface area contributed by atoms with Gasteiger partial charge in [0.1, 0.15) is 5.75 Å². The van der Waals surface area contributed by atoms with E-state index in [1.807, 2.05) is 0 Å². The third-order valence-electron chi connectivity index (χ3n) is 4.96. The van der Waals surface area contributed by atoms with Crippen LogP contribution in [0.25, 0.3) is 0 Å². The standard InChI is InChI=1S/C22H25ClN2O4S/c1-29-21-12-11-19(30(27,28)24-14-13-16-5-3-2-4-6-16)15-20(21)25-22(26)17-7-9-18(23)10-8-17/h5,7-12,15,24H,2-4,6,13-14H2,1H3,(H,25,26). The molecule has 0 spiro atoms. The summed E-state index contributed by atoms with van der Waals surface area (Å²) in [5.41, 5.74) is 1.97. The smallest absolute Gasteiger partial charge is 0.255 e. The van der Waals surface area contributed by atoms with Crippen LogP contribution in [0.1, 0.15) is 42.5 Å². The van der Waals surface area contributed by atoms with Gasteiger partial charge < -0.3 is 10.1 Å². The first-order valence-electron chi connectivity index (χ1n) is 9.81. The lowest BCUT2D eigenvalue weighted by Crippen LogP contribution is -2.25. The summed E-state index contributed by atoms with van der Waals surface area (Å²) in [6.07, 6.45) is 7.37. The third-order valence-corrected chi connectivity index (χ3v) is 6.67. The first-order valence-corrected chi connectivity index (χ1v) is 11.7. The molecule has 0 unspecified atom stereocenters. The molecule has 0 bridgehead atoms. The Labute approximate surface area is 182 Å². The Hall–Kier alpha value is -2.35. The Morgan fingerprint density at radius 1 is 1.13 bits per heavy atom. The number of hydrogen-bond donors (Lipinski definition) is 2. The van der Waals surface area contributed by atoms with Crippen molar-refractivity contribution >= 4 is 33.2 Å². The summed E-state index contributed by atoms with van der Waals surface area (Å²) in [7, 11) is -2.26. The lowest BCUT2D eigenvalue weighted by atomic mass is 9.97. The van der Waals surface area contributed by atoms with Crippen molar-refractivity contribution in [1.82, 2.24) is 4.72 Å². The minimum absolute atomic E-state index is 0.0623. The molecule has 1 aliphatic carbocycles. The van der Waals surface area contributed by atoms with Gasteiger partial charge in [-0.05, 0) is 74.6 Å². The Balaban J connectivity index is 1.72. The van der Waals surface area contributed by atoms with Crippen LogP contribution in [0.5, 0.6) is 5.75 Å². The molecule has 2 aromatic rings. The van der Waals surface area contributed by atoms with Crippen LogP contribution in [0.15, 0.2) is 59.0 Å². The van der Waals surface area contributed by atoms with Crippen molar-refractivity contribution in [2.24, 2.45) is 0 Å². The van der Waals surface area contributed by atoms with Gasteiger partial charge in [-0.15, -0.1) is 0 Å². The normalized spacial score (nSPS) is 14.1. The molecule has 1 aliphatic rings. The van der Waals surface area contributed by atoms with Crippen LogP contribution in [-0.2, 0) is 10.0 Å². The van der Waals surface area contributed by atoms with E-state index in [0.717, 1.165) is 19.3 Å². The zero-order chi connectivity index (χ0) is 21.6. The number of amides is 1. The average Bonchev–Trinajstić information content (AvgIpc) is 2.74. The summed E-state index contributed by atoms with van der Waals surface area (Å²) in [5.74, 6) is -0.0275. The summed E-state index contributed by atoms with van der Waals surface area (Å²) in [6, 6.07) is 10.8. The van der Waals surface area contributed by atoms with Crippen LogP contribution in [0.4, 0.5) is 5.69 Å². The fourth-order valence-corrected chi connectivity index (χ4v) is 4.49. The number of ether oxygens (including phenoxy) is 1. The van der Waals surface area contributed by atoms with E-state index < -0.39 is 15.9 Å². The van der Waals surface area contributed by atoms with E-state index in [4.69, 9.17) is 16.3 Å². The highest BCUT2D eigenvalue weighted by Gasteiger charge is 2.18. The Kier molecular flexibility index (Phi) is 7.53. The lowest BCUT2D eigenvalue weighted by Gasteiger charge is -2.15. The van der Waals surface area contributed by atoms with Crippen LogP contribution in [0.2, 0.25) is 5.02 Å². The van der Waals surface area contributed by atoms with Gasteiger partial charge in [0.05, 0.1) is 17.7 Å². The molecule has 2 N–H and O–H groups in total. The molecule has 0 fully saturated rings. The summed E-state index contributed by atoms with van der Waals surface area (Å²) in [4.78, 5) is 12.6. The van der Waals surface area contributed by atoms with Crippen molar-refractivity contribution in [2.75, 3.05) is 19.0 Å². The molecular weight excluding hydrogens is 424 g/mol. The molecule has 8 heteroatoms. The van der Waals surface area contributed by atoms with Gasteiger partial charge in [0.2, 0.25) is 10.0 Å². The van der Waals surface area contributed by atoms with Crippen molar-refractivity contribution in [2.45, 2.75) is 37.0 Å². The molecule has 0 radical (unpaired) electrons. The van der Waals surface area contributed by atoms with Crippen molar-refractivity contribution in [3.63, 3.8) is 0 Å². The first kappa shape index (κ1) is 22.3. The Morgan fingerprint density at radius 2 is 1.90 bits per heavy atom. The molecule has 0 saturated heterocycles. The van der Waals surface area contributed by atoms with E-state index in [2.05, 4.69) is 16.1 Å². The molecule has 0 heterocycles. The summed E-state index contributed by atoms with van der Waals surface area (Å²) in [6.45, 7) is 0.340. The van der Waals surface area contributed by atoms with Crippen molar-refractivity contribution in [3.05, 3.63) is 64.7 Å². The van der Waals surface area contributed by atoms with E-state index in [-0.39, 0.29) is 10.6 Å². The van der Waals surface area contributed by atoms with Crippen LogP contribution in [0.3, 0.4) is 0 Å².